The van der Waals surface area contributed by atoms with Gasteiger partial charge in [0, 0.05) is 37.5 Å². The fourth-order valence-corrected chi connectivity index (χ4v) is 6.01. The Morgan fingerprint density at radius 2 is 1.62 bits per heavy atom. The topological polar surface area (TPSA) is 86.8 Å². The van der Waals surface area contributed by atoms with Gasteiger partial charge in [-0.15, -0.1) is 0 Å². The molecule has 42 heavy (non-hydrogen) atoms. The van der Waals surface area contributed by atoms with Gasteiger partial charge in [-0.25, -0.2) is 8.42 Å². The number of amides is 2. The molecule has 0 aliphatic carbocycles. The fourth-order valence-electron chi connectivity index (χ4n) is 4.78. The summed E-state index contributed by atoms with van der Waals surface area (Å²) in [5.41, 5.74) is 4.13. The molecular weight excluding hydrogens is 570 g/mol. The Balaban J connectivity index is 1.90. The molecule has 0 saturated heterocycles. The SMILES string of the molecule is Cc1ccc(C)c(N(CCCC(=O)N(Cc2cccc(Cl)c2)C(Cc2ccccc2)C(=O)NCC(C)C)S(C)(=O)=O)c1. The minimum Gasteiger partial charge on any atom is -0.354 e. The second-order valence-corrected chi connectivity index (χ2v) is 13.6. The maximum Gasteiger partial charge on any atom is 0.243 e. The highest BCUT2D eigenvalue weighted by Gasteiger charge is 2.30. The van der Waals surface area contributed by atoms with Gasteiger partial charge in [-0.3, -0.25) is 13.9 Å². The molecular formula is C33H42ClN3O4S. The van der Waals surface area contributed by atoms with Crippen molar-refractivity contribution in [3.63, 3.8) is 0 Å². The summed E-state index contributed by atoms with van der Waals surface area (Å²) < 4.78 is 26.9. The molecule has 0 spiro atoms. The molecule has 1 atom stereocenters. The van der Waals surface area contributed by atoms with E-state index in [1.165, 1.54) is 10.6 Å². The zero-order valence-corrected chi connectivity index (χ0v) is 26.7. The number of aryl methyl sites for hydroxylation is 2. The number of anilines is 1. The first kappa shape index (κ1) is 33.1. The minimum absolute atomic E-state index is 0.0696. The van der Waals surface area contributed by atoms with E-state index in [0.717, 1.165) is 22.3 Å². The van der Waals surface area contributed by atoms with Crippen LogP contribution >= 0.6 is 11.6 Å². The van der Waals surface area contributed by atoms with Crippen LogP contribution in [0.2, 0.25) is 5.02 Å². The highest BCUT2D eigenvalue weighted by atomic mass is 35.5. The summed E-state index contributed by atoms with van der Waals surface area (Å²) in [6.07, 6.45) is 1.88. The van der Waals surface area contributed by atoms with Gasteiger partial charge in [0.15, 0.2) is 0 Å². The first-order chi connectivity index (χ1) is 19.8. The fraction of sp³-hybridized carbons (Fsp3) is 0.394. The van der Waals surface area contributed by atoms with E-state index < -0.39 is 16.1 Å². The third kappa shape index (κ3) is 9.88. The molecule has 3 aromatic carbocycles. The number of carbonyl (C=O) groups is 2. The number of nitrogens with one attached hydrogen (secondary N) is 1. The van der Waals surface area contributed by atoms with E-state index in [1.807, 2.05) is 88.4 Å². The Morgan fingerprint density at radius 1 is 0.929 bits per heavy atom. The predicted octanol–water partition coefficient (Wildman–Crippen LogP) is 5.92. The summed E-state index contributed by atoms with van der Waals surface area (Å²) in [7, 11) is -3.59. The lowest BCUT2D eigenvalue weighted by Gasteiger charge is -2.32. The number of rotatable bonds is 14. The highest BCUT2D eigenvalue weighted by Crippen LogP contribution is 2.25. The van der Waals surface area contributed by atoms with Gasteiger partial charge < -0.3 is 10.2 Å². The van der Waals surface area contributed by atoms with Crippen LogP contribution in [0.5, 0.6) is 0 Å². The van der Waals surface area contributed by atoms with Gasteiger partial charge in [0.1, 0.15) is 6.04 Å². The lowest BCUT2D eigenvalue weighted by atomic mass is 10.0. The van der Waals surface area contributed by atoms with Crippen molar-refractivity contribution in [1.29, 1.82) is 0 Å². The van der Waals surface area contributed by atoms with Crippen molar-refractivity contribution in [2.24, 2.45) is 5.92 Å². The summed E-state index contributed by atoms with van der Waals surface area (Å²) >= 11 is 6.26. The molecule has 0 saturated carbocycles. The molecule has 0 aliphatic heterocycles. The third-order valence-electron chi connectivity index (χ3n) is 6.98. The van der Waals surface area contributed by atoms with Crippen LogP contribution in [0, 0.1) is 19.8 Å². The number of hydrogen-bond acceptors (Lipinski definition) is 4. The van der Waals surface area contributed by atoms with Gasteiger partial charge in [0.25, 0.3) is 0 Å². The summed E-state index contributed by atoms with van der Waals surface area (Å²) in [5.74, 6) is -0.212. The van der Waals surface area contributed by atoms with Crippen molar-refractivity contribution in [2.75, 3.05) is 23.7 Å². The molecule has 226 valence electrons. The largest absolute Gasteiger partial charge is 0.354 e. The van der Waals surface area contributed by atoms with E-state index in [4.69, 9.17) is 11.6 Å². The van der Waals surface area contributed by atoms with Crippen LogP contribution in [-0.4, -0.2) is 50.5 Å². The summed E-state index contributed by atoms with van der Waals surface area (Å²) in [5, 5.41) is 3.56. The lowest BCUT2D eigenvalue weighted by molar-refractivity contribution is -0.141. The van der Waals surface area contributed by atoms with Gasteiger partial charge in [-0.1, -0.05) is 80.0 Å². The average molecular weight is 612 g/mol. The van der Waals surface area contributed by atoms with Crippen LogP contribution < -0.4 is 9.62 Å². The zero-order chi connectivity index (χ0) is 30.9. The first-order valence-corrected chi connectivity index (χ1v) is 16.5. The summed E-state index contributed by atoms with van der Waals surface area (Å²) in [6.45, 7) is 8.65. The Labute approximate surface area is 255 Å². The monoisotopic (exact) mass is 611 g/mol. The molecule has 7 nitrogen and oxygen atoms in total. The highest BCUT2D eigenvalue weighted by molar-refractivity contribution is 7.92. The van der Waals surface area contributed by atoms with Gasteiger partial charge in [0.2, 0.25) is 21.8 Å². The molecule has 1 N–H and O–H groups in total. The Kier molecular flexibility index (Phi) is 12.0. The van der Waals surface area contributed by atoms with E-state index in [2.05, 4.69) is 5.32 Å². The first-order valence-electron chi connectivity index (χ1n) is 14.3. The van der Waals surface area contributed by atoms with Crippen molar-refractivity contribution in [1.82, 2.24) is 10.2 Å². The second-order valence-electron chi connectivity index (χ2n) is 11.2. The van der Waals surface area contributed by atoms with E-state index in [0.29, 0.717) is 23.7 Å². The van der Waals surface area contributed by atoms with Crippen molar-refractivity contribution >= 4 is 39.1 Å². The van der Waals surface area contributed by atoms with E-state index >= 15 is 0 Å². The molecule has 2 amide bonds. The van der Waals surface area contributed by atoms with Crippen molar-refractivity contribution in [3.05, 3.63) is 100 Å². The van der Waals surface area contributed by atoms with E-state index in [9.17, 15) is 18.0 Å². The number of nitrogens with zero attached hydrogens (tertiary/aromatic N) is 2. The van der Waals surface area contributed by atoms with Gasteiger partial charge in [-0.05, 0) is 66.6 Å². The molecule has 1 unspecified atom stereocenters. The predicted molar refractivity (Wildman–Crippen MR) is 171 cm³/mol. The van der Waals surface area contributed by atoms with Crippen LogP contribution in [0.4, 0.5) is 5.69 Å². The Bertz CT molecular complexity index is 1460. The Morgan fingerprint density at radius 3 is 2.26 bits per heavy atom. The maximum absolute atomic E-state index is 13.9. The second kappa shape index (κ2) is 15.2. The van der Waals surface area contributed by atoms with Crippen LogP contribution in [0.3, 0.4) is 0 Å². The normalized spacial score (nSPS) is 12.2. The van der Waals surface area contributed by atoms with E-state index in [-0.39, 0.29) is 43.7 Å². The van der Waals surface area contributed by atoms with Crippen LogP contribution in [0.1, 0.15) is 48.9 Å². The quantitative estimate of drug-likeness (QED) is 0.245. The van der Waals surface area contributed by atoms with Crippen LogP contribution in [0.15, 0.2) is 72.8 Å². The van der Waals surface area contributed by atoms with E-state index in [1.54, 1.807) is 17.0 Å². The van der Waals surface area contributed by atoms with Crippen LogP contribution in [0.25, 0.3) is 0 Å². The molecule has 0 radical (unpaired) electrons. The number of carbonyl (C=O) groups excluding carboxylic acids is 2. The molecule has 9 heteroatoms. The number of benzene rings is 3. The zero-order valence-electron chi connectivity index (χ0n) is 25.1. The number of halogens is 1. The van der Waals surface area contributed by atoms with Crippen molar-refractivity contribution in [3.8, 4) is 0 Å². The van der Waals surface area contributed by atoms with Crippen LogP contribution in [-0.2, 0) is 32.6 Å². The molecule has 0 heterocycles. The maximum atomic E-state index is 13.9. The molecule has 0 aliphatic rings. The van der Waals surface area contributed by atoms with Gasteiger partial charge >= 0.3 is 0 Å². The average Bonchev–Trinajstić information content (AvgIpc) is 2.93. The standard InChI is InChI=1S/C33H42ClN3O4S/c1-24(2)22-35-33(39)31(21-27-11-7-6-8-12-27)36(23-28-13-9-14-29(34)20-28)32(38)15-10-18-37(42(5,40)41)30-19-25(3)16-17-26(30)4/h6-9,11-14,16-17,19-20,24,31H,10,15,18,21-23H2,1-5H3,(H,35,39). The third-order valence-corrected chi connectivity index (χ3v) is 8.40. The smallest absolute Gasteiger partial charge is 0.243 e. The number of hydrogen-bond donors (Lipinski definition) is 1. The van der Waals surface area contributed by atoms with Crippen molar-refractivity contribution < 1.29 is 18.0 Å². The molecule has 3 aromatic rings. The van der Waals surface area contributed by atoms with Crippen molar-refractivity contribution in [2.45, 2.75) is 59.5 Å². The van der Waals surface area contributed by atoms with Gasteiger partial charge in [-0.2, -0.15) is 0 Å². The lowest BCUT2D eigenvalue weighted by Crippen LogP contribution is -2.51. The molecule has 0 bridgehead atoms. The minimum atomic E-state index is -3.59. The van der Waals surface area contributed by atoms with Gasteiger partial charge in [0.05, 0.1) is 11.9 Å². The summed E-state index contributed by atoms with van der Waals surface area (Å²) in [4.78, 5) is 29.2. The molecule has 0 aromatic heterocycles. The Hall–Kier alpha value is -3.36. The molecule has 3 rings (SSSR count). The summed E-state index contributed by atoms with van der Waals surface area (Å²) in [6, 6.07) is 21.8. The molecule has 0 fully saturated rings. The number of sulfonamides is 1.